The average molecular weight is 223 g/mol. The molecule has 0 bridgehead atoms. The van der Waals surface area contributed by atoms with Crippen molar-refractivity contribution in [3.63, 3.8) is 0 Å². The smallest absolute Gasteiger partial charge is 0.00978 e. The van der Waals surface area contributed by atoms with E-state index in [2.05, 4.69) is 19.2 Å². The topological polar surface area (TPSA) is 12.0 Å². The zero-order valence-corrected chi connectivity index (χ0v) is 11.2. The van der Waals surface area contributed by atoms with Crippen LogP contribution in [-0.2, 0) is 0 Å². The van der Waals surface area contributed by atoms with Gasteiger partial charge in [0.15, 0.2) is 0 Å². The van der Waals surface area contributed by atoms with Crippen molar-refractivity contribution in [1.29, 1.82) is 0 Å². The van der Waals surface area contributed by atoms with Crippen LogP contribution in [0.4, 0.5) is 0 Å². The molecule has 0 aliphatic heterocycles. The van der Waals surface area contributed by atoms with E-state index in [0.29, 0.717) is 0 Å². The minimum absolute atomic E-state index is 0.855. The molecule has 16 heavy (non-hydrogen) atoms. The van der Waals surface area contributed by atoms with Crippen LogP contribution in [0.5, 0.6) is 0 Å². The number of nitrogens with one attached hydrogen (secondary N) is 1. The quantitative estimate of drug-likeness (QED) is 0.760. The van der Waals surface area contributed by atoms with Gasteiger partial charge in [0.25, 0.3) is 0 Å². The summed E-state index contributed by atoms with van der Waals surface area (Å²) in [5.74, 6) is 3.11. The molecular formula is C15H29N. The van der Waals surface area contributed by atoms with Crippen LogP contribution in [0.1, 0.15) is 65.2 Å². The minimum atomic E-state index is 0.855. The van der Waals surface area contributed by atoms with Crippen molar-refractivity contribution in [3.8, 4) is 0 Å². The molecule has 2 rings (SSSR count). The molecule has 0 aromatic heterocycles. The average Bonchev–Trinajstić information content (AvgIpc) is 2.78. The van der Waals surface area contributed by atoms with E-state index in [9.17, 15) is 0 Å². The van der Waals surface area contributed by atoms with Gasteiger partial charge < -0.3 is 5.32 Å². The third-order valence-corrected chi connectivity index (χ3v) is 5.11. The van der Waals surface area contributed by atoms with Crippen LogP contribution in [0.2, 0.25) is 0 Å². The highest BCUT2D eigenvalue weighted by Gasteiger charge is 2.34. The first-order chi connectivity index (χ1) is 7.85. The summed E-state index contributed by atoms with van der Waals surface area (Å²) in [7, 11) is 0. The Labute approximate surface area is 101 Å². The van der Waals surface area contributed by atoms with Crippen molar-refractivity contribution < 1.29 is 0 Å². The van der Waals surface area contributed by atoms with Gasteiger partial charge in [0.2, 0.25) is 0 Å². The monoisotopic (exact) mass is 223 g/mol. The molecule has 2 aliphatic carbocycles. The second kappa shape index (κ2) is 6.05. The van der Waals surface area contributed by atoms with Crippen molar-refractivity contribution in [2.75, 3.05) is 6.54 Å². The Balaban J connectivity index is 1.83. The van der Waals surface area contributed by atoms with Gasteiger partial charge in [-0.2, -0.15) is 0 Å². The number of hydrogen-bond donors (Lipinski definition) is 1. The summed E-state index contributed by atoms with van der Waals surface area (Å²) >= 11 is 0. The van der Waals surface area contributed by atoms with Crippen LogP contribution in [0.15, 0.2) is 0 Å². The van der Waals surface area contributed by atoms with E-state index in [1.807, 2.05) is 0 Å². The summed E-state index contributed by atoms with van der Waals surface area (Å²) in [6, 6.07) is 0.855. The van der Waals surface area contributed by atoms with Crippen molar-refractivity contribution in [2.24, 2.45) is 17.8 Å². The summed E-state index contributed by atoms with van der Waals surface area (Å²) in [6.45, 7) is 5.77. The van der Waals surface area contributed by atoms with Crippen LogP contribution in [-0.4, -0.2) is 12.6 Å². The van der Waals surface area contributed by atoms with Gasteiger partial charge in [0.05, 0.1) is 0 Å². The first-order valence-corrected chi connectivity index (χ1v) is 7.58. The molecule has 2 saturated carbocycles. The Bertz CT molecular complexity index is 194. The summed E-state index contributed by atoms with van der Waals surface area (Å²) < 4.78 is 0. The lowest BCUT2D eigenvalue weighted by molar-refractivity contribution is 0.181. The van der Waals surface area contributed by atoms with E-state index in [-0.39, 0.29) is 0 Å². The molecule has 1 heteroatoms. The van der Waals surface area contributed by atoms with Gasteiger partial charge in [-0.25, -0.2) is 0 Å². The third-order valence-electron chi connectivity index (χ3n) is 5.11. The van der Waals surface area contributed by atoms with Crippen LogP contribution in [0.3, 0.4) is 0 Å². The van der Waals surface area contributed by atoms with E-state index in [1.54, 1.807) is 0 Å². The molecule has 0 spiro atoms. The molecule has 94 valence electrons. The molecule has 2 atom stereocenters. The summed E-state index contributed by atoms with van der Waals surface area (Å²) in [4.78, 5) is 0. The van der Waals surface area contributed by atoms with E-state index in [4.69, 9.17) is 0 Å². The maximum atomic E-state index is 3.72. The van der Waals surface area contributed by atoms with E-state index in [0.717, 1.165) is 30.3 Å². The normalized spacial score (nSPS) is 40.1. The zero-order chi connectivity index (χ0) is 11.4. The zero-order valence-electron chi connectivity index (χ0n) is 11.2. The summed E-state index contributed by atoms with van der Waals surface area (Å²) in [6.07, 6.45) is 11.9. The molecule has 0 aromatic rings. The molecule has 0 saturated heterocycles. The maximum absolute atomic E-state index is 3.72. The summed E-state index contributed by atoms with van der Waals surface area (Å²) in [5.41, 5.74) is 0. The molecule has 2 fully saturated rings. The molecule has 0 radical (unpaired) electrons. The highest BCUT2D eigenvalue weighted by molar-refractivity contribution is 4.89. The second-order valence-corrected chi connectivity index (χ2v) is 5.95. The molecule has 2 aliphatic rings. The minimum Gasteiger partial charge on any atom is -0.314 e. The predicted molar refractivity (Wildman–Crippen MR) is 70.5 cm³/mol. The van der Waals surface area contributed by atoms with Gasteiger partial charge in [0, 0.05) is 6.04 Å². The fourth-order valence-corrected chi connectivity index (χ4v) is 4.09. The van der Waals surface area contributed by atoms with Crippen molar-refractivity contribution in [3.05, 3.63) is 0 Å². The van der Waals surface area contributed by atoms with E-state index in [1.165, 1.54) is 51.4 Å². The first kappa shape index (κ1) is 12.4. The molecule has 1 N–H and O–H groups in total. The van der Waals surface area contributed by atoms with E-state index >= 15 is 0 Å². The Morgan fingerprint density at radius 1 is 0.938 bits per heavy atom. The predicted octanol–water partition coefficient (Wildman–Crippen LogP) is 3.98. The summed E-state index contributed by atoms with van der Waals surface area (Å²) in [5, 5.41) is 3.72. The lowest BCUT2D eigenvalue weighted by atomic mass is 9.73. The first-order valence-electron chi connectivity index (χ1n) is 7.58. The lowest BCUT2D eigenvalue weighted by Crippen LogP contribution is -2.37. The molecule has 1 nitrogen and oxygen atoms in total. The van der Waals surface area contributed by atoms with Crippen LogP contribution in [0, 0.1) is 17.8 Å². The Morgan fingerprint density at radius 3 is 2.31 bits per heavy atom. The van der Waals surface area contributed by atoms with Crippen LogP contribution < -0.4 is 5.32 Å². The van der Waals surface area contributed by atoms with Crippen molar-refractivity contribution >= 4 is 0 Å². The standard InChI is InChI=1S/C15H29N/c1-3-12-8-10-13(11-9-12)14-6-5-7-15(14)16-4-2/h12-16H,3-11H2,1-2H3. The lowest BCUT2D eigenvalue weighted by Gasteiger charge is -2.35. The van der Waals surface area contributed by atoms with Gasteiger partial charge >= 0.3 is 0 Å². The van der Waals surface area contributed by atoms with Crippen molar-refractivity contribution in [1.82, 2.24) is 5.32 Å². The van der Waals surface area contributed by atoms with Crippen LogP contribution in [0.25, 0.3) is 0 Å². The molecule has 0 aromatic carbocycles. The van der Waals surface area contributed by atoms with Crippen LogP contribution >= 0.6 is 0 Å². The SMILES string of the molecule is CCNC1CCCC1C1CCC(CC)CC1. The highest BCUT2D eigenvalue weighted by atomic mass is 14.9. The molecular weight excluding hydrogens is 194 g/mol. The molecule has 2 unspecified atom stereocenters. The Hall–Kier alpha value is -0.0400. The number of rotatable bonds is 4. The largest absolute Gasteiger partial charge is 0.314 e. The number of hydrogen-bond acceptors (Lipinski definition) is 1. The van der Waals surface area contributed by atoms with Gasteiger partial charge in [-0.15, -0.1) is 0 Å². The van der Waals surface area contributed by atoms with Gasteiger partial charge in [0.1, 0.15) is 0 Å². The highest BCUT2D eigenvalue weighted by Crippen LogP contribution is 2.41. The van der Waals surface area contributed by atoms with Gasteiger partial charge in [-0.05, 0) is 50.0 Å². The third kappa shape index (κ3) is 2.80. The fourth-order valence-electron chi connectivity index (χ4n) is 4.09. The second-order valence-electron chi connectivity index (χ2n) is 5.95. The maximum Gasteiger partial charge on any atom is 0.00978 e. The fraction of sp³-hybridized carbons (Fsp3) is 1.00. The van der Waals surface area contributed by atoms with Gasteiger partial charge in [-0.1, -0.05) is 39.5 Å². The Morgan fingerprint density at radius 2 is 1.69 bits per heavy atom. The molecule has 0 heterocycles. The van der Waals surface area contributed by atoms with Gasteiger partial charge in [-0.3, -0.25) is 0 Å². The van der Waals surface area contributed by atoms with Crippen molar-refractivity contribution in [2.45, 2.75) is 71.3 Å². The molecule has 0 amide bonds. The Kier molecular flexibility index (Phi) is 4.69. The van der Waals surface area contributed by atoms with E-state index < -0.39 is 0 Å².